The molecule has 0 radical (unpaired) electrons. The number of carbonyl (C=O) groups excluding carboxylic acids is 1. The zero-order chi connectivity index (χ0) is 14.1. The monoisotopic (exact) mass is 269 g/mol. The van der Waals surface area contributed by atoms with Gasteiger partial charge in [-0.2, -0.15) is 0 Å². The summed E-state index contributed by atoms with van der Waals surface area (Å²) in [7, 11) is 0. The van der Waals surface area contributed by atoms with Crippen molar-refractivity contribution in [2.75, 3.05) is 0 Å². The van der Waals surface area contributed by atoms with Gasteiger partial charge < -0.3 is 10.1 Å². The Labute approximate surface area is 116 Å². The molecule has 1 atom stereocenters. The lowest BCUT2D eigenvalue weighted by molar-refractivity contribution is 0.0691. The average molecular weight is 269 g/mol. The Balaban J connectivity index is 1.80. The lowest BCUT2D eigenvalue weighted by atomic mass is 9.80. The molecule has 4 heteroatoms. The first-order chi connectivity index (χ1) is 9.65. The fourth-order valence-corrected chi connectivity index (χ4v) is 2.82. The molecule has 2 aromatic rings. The number of aromatic nitrogens is 1. The molecule has 1 aliphatic carbocycles. The standard InChI is InChI=1S/C16H15NO3/c18-15(13-8-14(16(19)20)17-9-13)12-6-5-10-3-1-2-4-11(10)7-12/h1-4,8-9,12,17H,5-7H2,(H,19,20). The van der Waals surface area contributed by atoms with Crippen LogP contribution >= 0.6 is 0 Å². The second-order valence-electron chi connectivity index (χ2n) is 5.18. The molecule has 20 heavy (non-hydrogen) atoms. The molecule has 4 nitrogen and oxygen atoms in total. The summed E-state index contributed by atoms with van der Waals surface area (Å²) in [4.78, 5) is 25.9. The molecule has 0 aliphatic heterocycles. The largest absolute Gasteiger partial charge is 0.477 e. The minimum absolute atomic E-state index is 0.0308. The van der Waals surface area contributed by atoms with Crippen LogP contribution in [0.4, 0.5) is 0 Å². The number of carbonyl (C=O) groups is 2. The van der Waals surface area contributed by atoms with Gasteiger partial charge in [0.1, 0.15) is 5.69 Å². The minimum atomic E-state index is -1.04. The number of Topliss-reactive ketones (excluding diaryl/α,β-unsaturated/α-hetero) is 1. The highest BCUT2D eigenvalue weighted by molar-refractivity contribution is 6.00. The Bertz CT molecular complexity index is 672. The van der Waals surface area contributed by atoms with E-state index in [1.165, 1.54) is 23.4 Å². The Morgan fingerprint density at radius 1 is 1.20 bits per heavy atom. The van der Waals surface area contributed by atoms with Crippen molar-refractivity contribution in [2.24, 2.45) is 5.92 Å². The van der Waals surface area contributed by atoms with Crippen LogP contribution < -0.4 is 0 Å². The molecule has 1 heterocycles. The van der Waals surface area contributed by atoms with E-state index in [0.717, 1.165) is 19.3 Å². The molecule has 0 fully saturated rings. The second-order valence-corrected chi connectivity index (χ2v) is 5.18. The molecule has 0 bridgehead atoms. The van der Waals surface area contributed by atoms with Gasteiger partial charge >= 0.3 is 5.97 Å². The topological polar surface area (TPSA) is 70.2 Å². The van der Waals surface area contributed by atoms with Crippen LogP contribution in [0.3, 0.4) is 0 Å². The molecule has 2 N–H and O–H groups in total. The minimum Gasteiger partial charge on any atom is -0.477 e. The Hall–Kier alpha value is -2.36. The Kier molecular flexibility index (Phi) is 3.14. The van der Waals surface area contributed by atoms with Gasteiger partial charge in [-0.05, 0) is 36.5 Å². The van der Waals surface area contributed by atoms with Gasteiger partial charge in [0.2, 0.25) is 0 Å². The van der Waals surface area contributed by atoms with Crippen molar-refractivity contribution in [3.8, 4) is 0 Å². The quantitative estimate of drug-likeness (QED) is 0.842. The van der Waals surface area contributed by atoms with E-state index < -0.39 is 5.97 Å². The summed E-state index contributed by atoms with van der Waals surface area (Å²) in [6.07, 6.45) is 3.96. The van der Waals surface area contributed by atoms with Crippen molar-refractivity contribution in [3.05, 3.63) is 58.9 Å². The predicted molar refractivity (Wildman–Crippen MR) is 74.0 cm³/mol. The van der Waals surface area contributed by atoms with Crippen LogP contribution in [0.1, 0.15) is 38.4 Å². The van der Waals surface area contributed by atoms with Crippen LogP contribution in [0.2, 0.25) is 0 Å². The van der Waals surface area contributed by atoms with E-state index in [4.69, 9.17) is 5.11 Å². The van der Waals surface area contributed by atoms with Gasteiger partial charge in [-0.15, -0.1) is 0 Å². The first-order valence-electron chi connectivity index (χ1n) is 6.68. The fraction of sp³-hybridized carbons (Fsp3) is 0.250. The van der Waals surface area contributed by atoms with Crippen molar-refractivity contribution in [1.82, 2.24) is 4.98 Å². The number of benzene rings is 1. The summed E-state index contributed by atoms with van der Waals surface area (Å²) < 4.78 is 0. The summed E-state index contributed by atoms with van der Waals surface area (Å²) in [5.74, 6) is -1.07. The molecule has 102 valence electrons. The maximum atomic E-state index is 12.4. The molecule has 1 unspecified atom stereocenters. The van der Waals surface area contributed by atoms with Gasteiger partial charge in [0.25, 0.3) is 0 Å². The number of aromatic carboxylic acids is 1. The summed E-state index contributed by atoms with van der Waals surface area (Å²) >= 11 is 0. The molecular formula is C16H15NO3. The number of carboxylic acids is 1. The van der Waals surface area contributed by atoms with Crippen LogP contribution in [0.5, 0.6) is 0 Å². The van der Waals surface area contributed by atoms with Gasteiger partial charge in [0, 0.05) is 17.7 Å². The Morgan fingerprint density at radius 3 is 2.65 bits per heavy atom. The van der Waals surface area contributed by atoms with Crippen LogP contribution in [0, 0.1) is 5.92 Å². The van der Waals surface area contributed by atoms with Gasteiger partial charge in [-0.25, -0.2) is 4.79 Å². The zero-order valence-corrected chi connectivity index (χ0v) is 10.9. The van der Waals surface area contributed by atoms with E-state index in [9.17, 15) is 9.59 Å². The predicted octanol–water partition coefficient (Wildman–Crippen LogP) is 2.70. The molecule has 0 amide bonds. The van der Waals surface area contributed by atoms with Crippen molar-refractivity contribution in [3.63, 3.8) is 0 Å². The fourth-order valence-electron chi connectivity index (χ4n) is 2.82. The summed E-state index contributed by atoms with van der Waals surface area (Å²) in [5, 5.41) is 8.88. The number of hydrogen-bond donors (Lipinski definition) is 2. The van der Waals surface area contributed by atoms with Crippen LogP contribution in [-0.2, 0) is 12.8 Å². The smallest absolute Gasteiger partial charge is 0.352 e. The van der Waals surface area contributed by atoms with Gasteiger partial charge in [-0.1, -0.05) is 24.3 Å². The molecule has 1 aliphatic rings. The molecule has 1 aromatic carbocycles. The lowest BCUT2D eigenvalue weighted by Crippen LogP contribution is -2.22. The lowest BCUT2D eigenvalue weighted by Gasteiger charge is -2.23. The SMILES string of the molecule is O=C(O)c1cc(C(=O)C2CCc3ccccc3C2)c[nH]1. The van der Waals surface area contributed by atoms with Crippen molar-refractivity contribution < 1.29 is 14.7 Å². The van der Waals surface area contributed by atoms with Crippen molar-refractivity contribution in [2.45, 2.75) is 19.3 Å². The maximum Gasteiger partial charge on any atom is 0.352 e. The first kappa shape index (κ1) is 12.7. The number of hydrogen-bond acceptors (Lipinski definition) is 2. The second kappa shape index (κ2) is 4.96. The number of aromatic amines is 1. The maximum absolute atomic E-state index is 12.4. The number of nitrogens with one attached hydrogen (secondary N) is 1. The van der Waals surface area contributed by atoms with E-state index in [-0.39, 0.29) is 17.4 Å². The van der Waals surface area contributed by atoms with Gasteiger partial charge in [0.15, 0.2) is 5.78 Å². The van der Waals surface area contributed by atoms with E-state index in [2.05, 4.69) is 17.1 Å². The highest BCUT2D eigenvalue weighted by Crippen LogP contribution is 2.28. The molecule has 0 saturated carbocycles. The average Bonchev–Trinajstić information content (AvgIpc) is 2.96. The van der Waals surface area contributed by atoms with Gasteiger partial charge in [-0.3, -0.25) is 4.79 Å². The first-order valence-corrected chi connectivity index (χ1v) is 6.68. The van der Waals surface area contributed by atoms with Gasteiger partial charge in [0.05, 0.1) is 0 Å². The summed E-state index contributed by atoms with van der Waals surface area (Å²) in [6, 6.07) is 9.60. The normalized spacial score (nSPS) is 17.5. The number of rotatable bonds is 3. The van der Waals surface area contributed by atoms with E-state index in [1.54, 1.807) is 0 Å². The summed E-state index contributed by atoms with van der Waals surface area (Å²) in [5.41, 5.74) is 3.07. The van der Waals surface area contributed by atoms with E-state index in [0.29, 0.717) is 5.56 Å². The van der Waals surface area contributed by atoms with Crippen molar-refractivity contribution >= 4 is 11.8 Å². The van der Waals surface area contributed by atoms with E-state index >= 15 is 0 Å². The number of aryl methyl sites for hydroxylation is 1. The third kappa shape index (κ3) is 2.25. The highest BCUT2D eigenvalue weighted by Gasteiger charge is 2.26. The van der Waals surface area contributed by atoms with E-state index in [1.807, 2.05) is 12.1 Å². The number of H-pyrrole nitrogens is 1. The third-order valence-corrected chi connectivity index (χ3v) is 3.92. The highest BCUT2D eigenvalue weighted by atomic mass is 16.4. The molecule has 1 aromatic heterocycles. The molecule has 3 rings (SSSR count). The third-order valence-electron chi connectivity index (χ3n) is 3.92. The Morgan fingerprint density at radius 2 is 1.95 bits per heavy atom. The number of carboxylic acid groups (broad SMARTS) is 1. The molecule has 0 saturated heterocycles. The zero-order valence-electron chi connectivity index (χ0n) is 10.9. The van der Waals surface area contributed by atoms with Crippen LogP contribution in [-0.4, -0.2) is 21.8 Å². The number of fused-ring (bicyclic) bond motifs is 1. The number of ketones is 1. The van der Waals surface area contributed by atoms with Crippen LogP contribution in [0.25, 0.3) is 0 Å². The van der Waals surface area contributed by atoms with Crippen LogP contribution in [0.15, 0.2) is 36.5 Å². The van der Waals surface area contributed by atoms with Crippen molar-refractivity contribution in [1.29, 1.82) is 0 Å². The summed E-state index contributed by atoms with van der Waals surface area (Å²) in [6.45, 7) is 0. The molecular weight excluding hydrogens is 254 g/mol. The molecule has 0 spiro atoms.